The molecule has 6 heteroatoms. The molecule has 0 aromatic carbocycles. The lowest BCUT2D eigenvalue weighted by molar-refractivity contribution is -0.148. The number of carbonyl (C=O) groups is 2. The molecule has 2 N–H and O–H groups in total. The number of urea groups is 1. The van der Waals surface area contributed by atoms with Gasteiger partial charge in [0.1, 0.15) is 5.54 Å². The molecule has 2 amide bonds. The predicted molar refractivity (Wildman–Crippen MR) is 70.8 cm³/mol. The second-order valence-electron chi connectivity index (χ2n) is 4.69. The van der Waals surface area contributed by atoms with Crippen molar-refractivity contribution in [2.24, 2.45) is 0 Å². The lowest BCUT2D eigenvalue weighted by Gasteiger charge is -2.37. The summed E-state index contributed by atoms with van der Waals surface area (Å²) in [5.41, 5.74) is -1.11. The zero-order valence-corrected chi connectivity index (χ0v) is 11.3. The van der Waals surface area contributed by atoms with Crippen molar-refractivity contribution in [3.63, 3.8) is 0 Å². The van der Waals surface area contributed by atoms with Crippen molar-refractivity contribution in [2.75, 3.05) is 26.2 Å². The van der Waals surface area contributed by atoms with E-state index in [-0.39, 0.29) is 19.2 Å². The van der Waals surface area contributed by atoms with Crippen LogP contribution in [-0.2, 0) is 4.79 Å². The molecule has 1 unspecified atom stereocenters. The zero-order valence-electron chi connectivity index (χ0n) is 11.3. The van der Waals surface area contributed by atoms with Crippen LogP contribution < -0.4 is 0 Å². The number of aliphatic carboxylic acids is 1. The smallest absolute Gasteiger partial charge is 0.329 e. The van der Waals surface area contributed by atoms with E-state index in [2.05, 4.69) is 6.58 Å². The van der Waals surface area contributed by atoms with Gasteiger partial charge in [-0.2, -0.15) is 0 Å². The Bertz CT molecular complexity index is 359. The summed E-state index contributed by atoms with van der Waals surface area (Å²) >= 11 is 0. The fourth-order valence-corrected chi connectivity index (χ4v) is 2.61. The van der Waals surface area contributed by atoms with Gasteiger partial charge in [-0.25, -0.2) is 9.59 Å². The van der Waals surface area contributed by atoms with E-state index >= 15 is 0 Å². The lowest BCUT2D eigenvalue weighted by atomic mass is 9.93. The number of nitrogens with zero attached hydrogens (tertiary/aromatic N) is 2. The van der Waals surface area contributed by atoms with E-state index in [0.29, 0.717) is 32.4 Å². The van der Waals surface area contributed by atoms with E-state index in [0.717, 1.165) is 0 Å². The van der Waals surface area contributed by atoms with Gasteiger partial charge in [-0.3, -0.25) is 0 Å². The Morgan fingerprint density at radius 1 is 1.53 bits per heavy atom. The maximum atomic E-state index is 12.4. The monoisotopic (exact) mass is 270 g/mol. The second kappa shape index (κ2) is 6.56. The maximum absolute atomic E-state index is 12.4. The summed E-state index contributed by atoms with van der Waals surface area (Å²) in [6.45, 7) is 6.13. The van der Waals surface area contributed by atoms with Crippen LogP contribution in [0.1, 0.15) is 26.2 Å². The summed E-state index contributed by atoms with van der Waals surface area (Å²) < 4.78 is 0. The first-order chi connectivity index (χ1) is 9.03. The molecule has 1 fully saturated rings. The molecular weight excluding hydrogens is 248 g/mol. The Balaban J connectivity index is 2.95. The molecule has 1 saturated heterocycles. The van der Waals surface area contributed by atoms with Crippen molar-refractivity contribution >= 4 is 12.0 Å². The van der Waals surface area contributed by atoms with Crippen LogP contribution in [-0.4, -0.2) is 63.8 Å². The van der Waals surface area contributed by atoms with Gasteiger partial charge < -0.3 is 20.0 Å². The molecular formula is C13H22N2O4. The van der Waals surface area contributed by atoms with Gasteiger partial charge in [0, 0.05) is 19.6 Å². The van der Waals surface area contributed by atoms with Gasteiger partial charge in [-0.1, -0.05) is 13.0 Å². The highest BCUT2D eigenvalue weighted by atomic mass is 16.4. The molecule has 1 aliphatic heterocycles. The van der Waals surface area contributed by atoms with E-state index in [1.54, 1.807) is 13.0 Å². The molecule has 0 aromatic rings. The lowest BCUT2D eigenvalue weighted by Crippen LogP contribution is -2.56. The van der Waals surface area contributed by atoms with Crippen LogP contribution >= 0.6 is 0 Å². The van der Waals surface area contributed by atoms with E-state index in [9.17, 15) is 14.7 Å². The summed E-state index contributed by atoms with van der Waals surface area (Å²) in [6.07, 6.45) is 3.12. The van der Waals surface area contributed by atoms with Gasteiger partial charge in [0.25, 0.3) is 0 Å². The number of aliphatic hydroxyl groups excluding tert-OH is 1. The minimum Gasteiger partial charge on any atom is -0.479 e. The number of carbonyl (C=O) groups excluding carboxylic acids is 1. The summed E-state index contributed by atoms with van der Waals surface area (Å²) in [5, 5.41) is 18.4. The number of amides is 2. The van der Waals surface area contributed by atoms with Crippen molar-refractivity contribution in [2.45, 2.75) is 31.7 Å². The van der Waals surface area contributed by atoms with Crippen LogP contribution in [0.25, 0.3) is 0 Å². The third-order valence-electron chi connectivity index (χ3n) is 3.69. The molecule has 0 bridgehead atoms. The Morgan fingerprint density at radius 2 is 2.21 bits per heavy atom. The molecule has 108 valence electrons. The highest BCUT2D eigenvalue weighted by Gasteiger charge is 2.49. The van der Waals surface area contributed by atoms with Crippen LogP contribution in [0, 0.1) is 0 Å². The van der Waals surface area contributed by atoms with Gasteiger partial charge >= 0.3 is 12.0 Å². The Hall–Kier alpha value is -1.56. The van der Waals surface area contributed by atoms with Crippen LogP contribution in [0.15, 0.2) is 12.7 Å². The Labute approximate surface area is 113 Å². The number of rotatable bonds is 6. The first-order valence-electron chi connectivity index (χ1n) is 6.55. The van der Waals surface area contributed by atoms with Gasteiger partial charge in [0.15, 0.2) is 0 Å². The van der Waals surface area contributed by atoms with E-state index in [4.69, 9.17) is 5.11 Å². The van der Waals surface area contributed by atoms with Gasteiger partial charge in [-0.15, -0.1) is 6.58 Å². The molecule has 1 atom stereocenters. The van der Waals surface area contributed by atoms with E-state index < -0.39 is 11.5 Å². The van der Waals surface area contributed by atoms with E-state index in [1.165, 1.54) is 9.80 Å². The van der Waals surface area contributed by atoms with Crippen molar-refractivity contribution < 1.29 is 19.8 Å². The minimum atomic E-state index is -1.11. The van der Waals surface area contributed by atoms with Gasteiger partial charge in [0.2, 0.25) is 0 Å². The molecule has 0 spiro atoms. The molecule has 1 rings (SSSR count). The number of carboxylic acids is 1. The molecule has 6 nitrogen and oxygen atoms in total. The van der Waals surface area contributed by atoms with Crippen LogP contribution in [0.3, 0.4) is 0 Å². The molecule has 1 heterocycles. The summed E-state index contributed by atoms with van der Waals surface area (Å²) in [4.78, 5) is 26.8. The summed E-state index contributed by atoms with van der Waals surface area (Å²) in [7, 11) is 0. The first-order valence-corrected chi connectivity index (χ1v) is 6.55. The second-order valence-corrected chi connectivity index (χ2v) is 4.69. The molecule has 0 aromatic heterocycles. The van der Waals surface area contributed by atoms with Crippen LogP contribution in [0.4, 0.5) is 4.79 Å². The Kier molecular flexibility index (Phi) is 5.35. The van der Waals surface area contributed by atoms with Crippen molar-refractivity contribution in [1.29, 1.82) is 0 Å². The van der Waals surface area contributed by atoms with Crippen molar-refractivity contribution in [3.8, 4) is 0 Å². The molecule has 0 saturated carbocycles. The predicted octanol–water partition coefficient (Wildman–Crippen LogP) is 0.916. The standard InChI is InChI=1S/C13H22N2O4/c1-3-7-14(9-10-16)12(19)15-8-5-6-13(15,4-2)11(17)18/h3,16H,1,4-10H2,2H3,(H,17,18). The average molecular weight is 270 g/mol. The molecule has 0 radical (unpaired) electrons. The summed E-state index contributed by atoms with van der Waals surface area (Å²) in [6, 6.07) is -0.337. The topological polar surface area (TPSA) is 81.1 Å². The van der Waals surface area contributed by atoms with Gasteiger partial charge in [0.05, 0.1) is 6.61 Å². The number of aliphatic hydroxyl groups is 1. The number of hydrogen-bond acceptors (Lipinski definition) is 3. The zero-order chi connectivity index (χ0) is 14.5. The molecule has 19 heavy (non-hydrogen) atoms. The third-order valence-corrected chi connectivity index (χ3v) is 3.69. The molecule has 1 aliphatic rings. The van der Waals surface area contributed by atoms with Crippen LogP contribution in [0.2, 0.25) is 0 Å². The normalized spacial score (nSPS) is 22.3. The fraction of sp³-hybridized carbons (Fsp3) is 0.692. The van der Waals surface area contributed by atoms with Crippen LogP contribution in [0.5, 0.6) is 0 Å². The van der Waals surface area contributed by atoms with Crippen molar-refractivity contribution in [3.05, 3.63) is 12.7 Å². The first kappa shape index (κ1) is 15.5. The Morgan fingerprint density at radius 3 is 2.68 bits per heavy atom. The largest absolute Gasteiger partial charge is 0.479 e. The highest BCUT2D eigenvalue weighted by molar-refractivity contribution is 5.87. The average Bonchev–Trinajstić information content (AvgIpc) is 2.82. The highest BCUT2D eigenvalue weighted by Crippen LogP contribution is 2.33. The third kappa shape index (κ3) is 2.89. The SMILES string of the molecule is C=CCN(CCO)C(=O)N1CCCC1(CC)C(=O)O. The summed E-state index contributed by atoms with van der Waals surface area (Å²) in [5.74, 6) is -0.955. The number of carboxylic acid groups (broad SMARTS) is 1. The van der Waals surface area contributed by atoms with Gasteiger partial charge in [-0.05, 0) is 19.3 Å². The van der Waals surface area contributed by atoms with Crippen molar-refractivity contribution in [1.82, 2.24) is 9.80 Å². The van der Waals surface area contributed by atoms with E-state index in [1.807, 2.05) is 0 Å². The molecule has 0 aliphatic carbocycles. The minimum absolute atomic E-state index is 0.153. The quantitative estimate of drug-likeness (QED) is 0.703. The number of likely N-dealkylation sites (tertiary alicyclic amines) is 1. The fourth-order valence-electron chi connectivity index (χ4n) is 2.61. The maximum Gasteiger partial charge on any atom is 0.329 e. The number of hydrogen-bond donors (Lipinski definition) is 2.